The Bertz CT molecular complexity index is 1550. The minimum Gasteiger partial charge on any atom is -0.379 e. The van der Waals surface area contributed by atoms with E-state index in [4.69, 9.17) is 27.9 Å². The van der Waals surface area contributed by atoms with Crippen LogP contribution in [0, 0.1) is 0 Å². The molecule has 0 spiro atoms. The quantitative estimate of drug-likeness (QED) is 0.0569. The number of rotatable bonds is 22. The van der Waals surface area contributed by atoms with Crippen LogP contribution in [0.2, 0.25) is 0 Å². The molecule has 0 bridgehead atoms. The number of hydrogen-bond donors (Lipinski definition) is 0. The van der Waals surface area contributed by atoms with Crippen molar-refractivity contribution in [2.24, 2.45) is 0 Å². The van der Waals surface area contributed by atoms with Gasteiger partial charge in [-0.25, -0.2) is 0 Å². The van der Waals surface area contributed by atoms with Crippen LogP contribution in [0.1, 0.15) is 101 Å². The Morgan fingerprint density at radius 3 is 2.00 bits per heavy atom. The molecule has 1 aliphatic rings. The van der Waals surface area contributed by atoms with Crippen LogP contribution in [0.4, 0.5) is 13.2 Å². The molecule has 2 heterocycles. The van der Waals surface area contributed by atoms with Crippen molar-refractivity contribution in [2.45, 2.75) is 122 Å². The number of alkyl halides is 3. The Hall–Kier alpha value is -2.26. The molecule has 0 amide bonds. The average molecular weight is 759 g/mol. The van der Waals surface area contributed by atoms with Crippen molar-refractivity contribution in [1.82, 2.24) is 0 Å². The Morgan fingerprint density at radius 2 is 1.37 bits per heavy atom. The van der Waals surface area contributed by atoms with Crippen molar-refractivity contribution in [2.75, 3.05) is 33.0 Å². The number of fused-ring (bicyclic) bond motifs is 1. The van der Waals surface area contributed by atoms with E-state index in [1.807, 2.05) is 31.2 Å². The smallest absolute Gasteiger partial charge is 0.379 e. The third-order valence-corrected chi connectivity index (χ3v) is 10.8. The van der Waals surface area contributed by atoms with Gasteiger partial charge in [0, 0.05) is 48.0 Å². The Kier molecular flexibility index (Phi) is 16.5. The summed E-state index contributed by atoms with van der Waals surface area (Å²) in [5, 5.41) is 1.08. The van der Waals surface area contributed by atoms with Gasteiger partial charge in [-0.3, -0.25) is 0 Å². The highest BCUT2D eigenvalue weighted by molar-refractivity contribution is 7.88. The van der Waals surface area contributed by atoms with Gasteiger partial charge >= 0.3 is 15.6 Å². The van der Waals surface area contributed by atoms with E-state index in [9.17, 15) is 21.6 Å². The van der Waals surface area contributed by atoms with Crippen LogP contribution in [-0.4, -0.2) is 71.4 Å². The first kappa shape index (κ1) is 41.5. The van der Waals surface area contributed by atoms with E-state index in [1.54, 1.807) is 23.5 Å². The summed E-state index contributed by atoms with van der Waals surface area (Å²) in [7, 11) is -6.01. The number of halogens is 3. The Balaban J connectivity index is 1.84. The molecule has 3 aromatic rings. The van der Waals surface area contributed by atoms with Gasteiger partial charge in [-0.05, 0) is 60.9 Å². The van der Waals surface area contributed by atoms with Gasteiger partial charge in [0.15, 0.2) is 0 Å². The number of benzene rings is 2. The van der Waals surface area contributed by atoms with Crippen molar-refractivity contribution in [3.8, 4) is 5.75 Å². The first-order valence-corrected chi connectivity index (χ1v) is 20.4. The van der Waals surface area contributed by atoms with Gasteiger partial charge in [-0.15, -0.1) is 11.3 Å². The predicted molar refractivity (Wildman–Crippen MR) is 194 cm³/mol. The summed E-state index contributed by atoms with van der Waals surface area (Å²) in [5.74, 6) is -0.482. The monoisotopic (exact) mass is 758 g/mol. The highest BCUT2D eigenvalue weighted by atomic mass is 32.2. The predicted octanol–water partition coefficient (Wildman–Crippen LogP) is 9.53. The minimum absolute atomic E-state index is 0.123. The normalized spacial score (nSPS) is 21.4. The fraction of sp³-hybridized carbons (Fsp3) is 0.632. The van der Waals surface area contributed by atoms with Crippen LogP contribution in [0.3, 0.4) is 0 Å². The van der Waals surface area contributed by atoms with Gasteiger partial charge in [0.2, 0.25) is 0 Å². The first-order chi connectivity index (χ1) is 24.5. The lowest BCUT2D eigenvalue weighted by Crippen LogP contribution is -2.58. The standard InChI is InChI=1S/C38H53F3O8S2/c1-5-9-19-44-26-32-35(45-20-10-6-2)37(47-22-12-8-4)36(46-21-11-7-3)34(48-32)30-24-27(17-18-31(30)49-51(42,43)38(39,40)41)23-29-25-28-15-13-14-16-33(28)50-29/h13-18,24-25,32,34-37H,5-12,19-23,26H2,1-4H3/t32-,34+,35-,36+,37+/m1/s1. The zero-order valence-electron chi connectivity index (χ0n) is 30.1. The fourth-order valence-electron chi connectivity index (χ4n) is 5.91. The summed E-state index contributed by atoms with van der Waals surface area (Å²) < 4.78 is 104. The van der Waals surface area contributed by atoms with Crippen molar-refractivity contribution in [3.05, 3.63) is 64.5 Å². The third-order valence-electron chi connectivity index (χ3n) is 8.70. The van der Waals surface area contributed by atoms with Gasteiger partial charge in [0.05, 0.1) is 6.61 Å². The van der Waals surface area contributed by atoms with E-state index in [0.717, 1.165) is 65.5 Å². The lowest BCUT2D eigenvalue weighted by Gasteiger charge is -2.46. The summed E-state index contributed by atoms with van der Waals surface area (Å²) in [6.45, 7) is 10.0. The molecule has 4 rings (SSSR count). The van der Waals surface area contributed by atoms with E-state index in [2.05, 4.69) is 26.8 Å². The van der Waals surface area contributed by atoms with Gasteiger partial charge in [0.1, 0.15) is 36.3 Å². The first-order valence-electron chi connectivity index (χ1n) is 18.2. The second kappa shape index (κ2) is 20.3. The summed E-state index contributed by atoms with van der Waals surface area (Å²) in [4.78, 5) is 1.03. The van der Waals surface area contributed by atoms with E-state index < -0.39 is 51.9 Å². The largest absolute Gasteiger partial charge is 0.534 e. The molecule has 8 nitrogen and oxygen atoms in total. The molecule has 1 aromatic heterocycles. The van der Waals surface area contributed by atoms with E-state index >= 15 is 0 Å². The van der Waals surface area contributed by atoms with Crippen molar-refractivity contribution in [1.29, 1.82) is 0 Å². The van der Waals surface area contributed by atoms with Gasteiger partial charge in [-0.1, -0.05) is 77.6 Å². The zero-order valence-corrected chi connectivity index (χ0v) is 31.8. The van der Waals surface area contributed by atoms with Crippen LogP contribution in [-0.2, 0) is 40.2 Å². The maximum atomic E-state index is 13.7. The van der Waals surface area contributed by atoms with E-state index in [1.165, 1.54) is 6.07 Å². The molecular formula is C38H53F3O8S2. The summed E-state index contributed by atoms with van der Waals surface area (Å²) in [6, 6.07) is 14.6. The highest BCUT2D eigenvalue weighted by Crippen LogP contribution is 2.43. The van der Waals surface area contributed by atoms with Crippen LogP contribution < -0.4 is 4.18 Å². The molecule has 0 aliphatic carbocycles. The van der Waals surface area contributed by atoms with Gasteiger partial charge in [-0.2, -0.15) is 21.6 Å². The van der Waals surface area contributed by atoms with Gasteiger partial charge in [0.25, 0.3) is 0 Å². The van der Waals surface area contributed by atoms with E-state index in [-0.39, 0.29) is 12.2 Å². The number of ether oxygens (including phenoxy) is 5. The fourth-order valence-corrected chi connectivity index (χ4v) is 7.49. The SMILES string of the molecule is CCCCOC[C@H]1O[C@@H](c2cc(Cc3cc4ccccc4s3)ccc2OS(=O)(=O)C(F)(F)F)[C@H](OCCCC)[C@@H](OCCCC)[C@@H]1OCCCC. The van der Waals surface area contributed by atoms with Crippen LogP contribution in [0.15, 0.2) is 48.5 Å². The van der Waals surface area contributed by atoms with Crippen molar-refractivity contribution < 1.29 is 49.5 Å². The van der Waals surface area contributed by atoms with E-state index in [0.29, 0.717) is 39.3 Å². The summed E-state index contributed by atoms with van der Waals surface area (Å²) in [5.41, 5.74) is -4.77. The van der Waals surface area contributed by atoms with Gasteiger partial charge < -0.3 is 27.9 Å². The molecule has 51 heavy (non-hydrogen) atoms. The van der Waals surface area contributed by atoms with Crippen LogP contribution in [0.25, 0.3) is 10.1 Å². The molecule has 0 N–H and O–H groups in total. The lowest BCUT2D eigenvalue weighted by molar-refractivity contribution is -0.268. The number of hydrogen-bond acceptors (Lipinski definition) is 9. The molecule has 0 unspecified atom stereocenters. The second-order valence-electron chi connectivity index (χ2n) is 12.9. The molecule has 5 atom stereocenters. The molecule has 1 fully saturated rings. The Labute approximate surface area is 305 Å². The molecule has 0 saturated carbocycles. The third kappa shape index (κ3) is 11.6. The molecule has 1 saturated heterocycles. The minimum atomic E-state index is -6.01. The molecule has 2 aromatic carbocycles. The second-order valence-corrected chi connectivity index (χ2v) is 15.6. The molecular weight excluding hydrogens is 706 g/mol. The molecule has 13 heteroatoms. The number of thiophene rings is 1. The summed E-state index contributed by atoms with van der Waals surface area (Å²) >= 11 is 1.62. The maximum Gasteiger partial charge on any atom is 0.534 e. The molecule has 286 valence electrons. The van der Waals surface area contributed by atoms with Crippen LogP contribution in [0.5, 0.6) is 5.75 Å². The molecule has 0 radical (unpaired) electrons. The maximum absolute atomic E-state index is 13.7. The van der Waals surface area contributed by atoms with Crippen LogP contribution >= 0.6 is 11.3 Å². The Morgan fingerprint density at radius 1 is 0.765 bits per heavy atom. The summed E-state index contributed by atoms with van der Waals surface area (Å²) in [6.07, 6.45) is 3.22. The lowest BCUT2D eigenvalue weighted by atomic mass is 9.89. The van der Waals surface area contributed by atoms with Crippen molar-refractivity contribution in [3.63, 3.8) is 0 Å². The number of unbranched alkanes of at least 4 members (excludes halogenated alkanes) is 4. The molecule has 1 aliphatic heterocycles. The van der Waals surface area contributed by atoms with Crippen molar-refractivity contribution >= 4 is 31.5 Å². The zero-order chi connectivity index (χ0) is 36.9. The highest BCUT2D eigenvalue weighted by Gasteiger charge is 2.52. The average Bonchev–Trinajstić information content (AvgIpc) is 3.50. The topological polar surface area (TPSA) is 89.5 Å².